The second-order valence-electron chi connectivity index (χ2n) is 14.2. The summed E-state index contributed by atoms with van der Waals surface area (Å²) in [5.74, 6) is 28.0. The SMILES string of the molecule is CCCCCCc1ccc(C#Cc2ccc3c(C#Cc4ccccc4)c4cc(C#Cc5ccc(CCCCCC)s5)ccc4c(C#Cc4ccccc4)c3c2)s1. The van der Waals surface area contributed by atoms with Crippen molar-refractivity contribution in [1.82, 2.24) is 0 Å². The summed E-state index contributed by atoms with van der Waals surface area (Å²) in [5.41, 5.74) is 5.82. The largest absolute Gasteiger partial charge is 0.132 e. The molecule has 0 saturated heterocycles. The average Bonchev–Trinajstić information content (AvgIpc) is 3.91. The average molecular weight is 759 g/mol. The van der Waals surface area contributed by atoms with Crippen LogP contribution in [0.2, 0.25) is 0 Å². The molecule has 0 nitrogen and oxygen atoms in total. The van der Waals surface area contributed by atoms with Crippen molar-refractivity contribution < 1.29 is 0 Å². The molecule has 0 bridgehead atoms. The standard InChI is InChI=1S/C54H46S2/c1-3-5-7-15-21-45-31-33-47(55-45)29-23-43-27-37-51-50(36-26-42-19-13-10-14-20-42)54-40-44(24-30-48-34-32-46(56-48)22-16-8-6-4-2)28-38-52(54)49(53(51)39-43)35-25-41-17-11-9-12-18-41/h9-14,17-20,27-28,31-34,37-40H,3-8,15-16,21-22H2,1-2H3. The lowest BCUT2D eigenvalue weighted by molar-refractivity contribution is 0.670. The van der Waals surface area contributed by atoms with Gasteiger partial charge >= 0.3 is 0 Å². The minimum Gasteiger partial charge on any atom is -0.132 e. The monoisotopic (exact) mass is 758 g/mol. The Morgan fingerprint density at radius 3 is 1.21 bits per heavy atom. The maximum absolute atomic E-state index is 3.61. The van der Waals surface area contributed by atoms with Crippen molar-refractivity contribution in [2.75, 3.05) is 0 Å². The summed E-state index contributed by atoms with van der Waals surface area (Å²) in [4.78, 5) is 5.04. The van der Waals surface area contributed by atoms with E-state index in [-0.39, 0.29) is 0 Å². The summed E-state index contributed by atoms with van der Waals surface area (Å²) in [7, 11) is 0. The first kappa shape index (κ1) is 38.5. The van der Waals surface area contributed by atoms with Crippen LogP contribution in [0.1, 0.15) is 118 Å². The van der Waals surface area contributed by atoms with Crippen LogP contribution in [-0.2, 0) is 12.8 Å². The van der Waals surface area contributed by atoms with E-state index in [0.29, 0.717) is 0 Å². The van der Waals surface area contributed by atoms with Crippen molar-refractivity contribution in [3.8, 4) is 47.4 Å². The first-order valence-electron chi connectivity index (χ1n) is 20.1. The van der Waals surface area contributed by atoms with Crippen LogP contribution >= 0.6 is 22.7 Å². The lowest BCUT2D eigenvalue weighted by atomic mass is 9.90. The third-order valence-corrected chi connectivity index (χ3v) is 12.0. The molecule has 274 valence electrons. The van der Waals surface area contributed by atoms with Gasteiger partial charge in [-0.05, 0) is 109 Å². The van der Waals surface area contributed by atoms with E-state index in [4.69, 9.17) is 0 Å². The molecule has 5 aromatic carbocycles. The molecule has 2 heterocycles. The molecule has 0 N–H and O–H groups in total. The number of unbranched alkanes of at least 4 members (excludes halogenated alkanes) is 6. The number of thiophene rings is 2. The molecule has 0 amide bonds. The minimum atomic E-state index is 0.961. The zero-order valence-electron chi connectivity index (χ0n) is 32.4. The summed E-state index contributed by atoms with van der Waals surface area (Å²) in [5, 5.41) is 4.23. The van der Waals surface area contributed by atoms with Gasteiger partial charge in [-0.15, -0.1) is 22.7 Å². The van der Waals surface area contributed by atoms with Crippen LogP contribution in [-0.4, -0.2) is 0 Å². The molecule has 0 saturated carbocycles. The van der Waals surface area contributed by atoms with Crippen molar-refractivity contribution in [1.29, 1.82) is 0 Å². The molecule has 2 heteroatoms. The Labute approximate surface area is 342 Å². The third-order valence-electron chi connectivity index (χ3n) is 9.86. The Kier molecular flexibility index (Phi) is 13.6. The fourth-order valence-electron chi connectivity index (χ4n) is 6.84. The van der Waals surface area contributed by atoms with Gasteiger partial charge in [0.05, 0.1) is 9.75 Å². The maximum Gasteiger partial charge on any atom is 0.0775 e. The van der Waals surface area contributed by atoms with Crippen molar-refractivity contribution in [2.45, 2.75) is 78.1 Å². The number of fused-ring (bicyclic) bond motifs is 2. The fourth-order valence-corrected chi connectivity index (χ4v) is 8.65. The molecule has 0 radical (unpaired) electrons. The summed E-state index contributed by atoms with van der Waals surface area (Å²) < 4.78 is 0. The fraction of sp³-hybridized carbons (Fsp3) is 0.222. The number of hydrogen-bond acceptors (Lipinski definition) is 2. The van der Waals surface area contributed by atoms with Gasteiger partial charge in [0.25, 0.3) is 0 Å². The Bertz CT molecular complexity index is 2490. The van der Waals surface area contributed by atoms with Gasteiger partial charge in [-0.2, -0.15) is 0 Å². The molecular formula is C54H46S2. The molecule has 0 aliphatic rings. The van der Waals surface area contributed by atoms with E-state index < -0.39 is 0 Å². The van der Waals surface area contributed by atoms with Crippen LogP contribution in [0.15, 0.2) is 121 Å². The van der Waals surface area contributed by atoms with Crippen LogP contribution in [0.5, 0.6) is 0 Å². The molecule has 2 aromatic heterocycles. The maximum atomic E-state index is 3.61. The van der Waals surface area contributed by atoms with E-state index >= 15 is 0 Å². The number of hydrogen-bond donors (Lipinski definition) is 0. The predicted octanol–water partition coefficient (Wildman–Crippen LogP) is 14.0. The van der Waals surface area contributed by atoms with Gasteiger partial charge in [0.1, 0.15) is 0 Å². The van der Waals surface area contributed by atoms with E-state index in [2.05, 4.69) is 146 Å². The molecule has 0 unspecified atom stereocenters. The quantitative estimate of drug-likeness (QED) is 0.0740. The van der Waals surface area contributed by atoms with Gasteiger partial charge in [0.2, 0.25) is 0 Å². The van der Waals surface area contributed by atoms with Crippen molar-refractivity contribution >= 4 is 44.2 Å². The number of benzene rings is 5. The van der Waals surface area contributed by atoms with E-state index in [1.54, 1.807) is 0 Å². The highest BCUT2D eigenvalue weighted by molar-refractivity contribution is 7.12. The first-order valence-corrected chi connectivity index (χ1v) is 21.7. The van der Waals surface area contributed by atoms with Crippen molar-refractivity contribution in [2.24, 2.45) is 0 Å². The highest BCUT2D eigenvalue weighted by Gasteiger charge is 2.14. The highest BCUT2D eigenvalue weighted by atomic mass is 32.1. The van der Waals surface area contributed by atoms with Gasteiger partial charge < -0.3 is 0 Å². The summed E-state index contributed by atoms with van der Waals surface area (Å²) in [6, 6.07) is 42.3. The molecule has 56 heavy (non-hydrogen) atoms. The Balaban J connectivity index is 1.32. The zero-order valence-corrected chi connectivity index (χ0v) is 34.1. The van der Waals surface area contributed by atoms with Crippen molar-refractivity contribution in [3.05, 3.63) is 174 Å². The van der Waals surface area contributed by atoms with E-state index in [0.717, 1.165) is 77.5 Å². The van der Waals surface area contributed by atoms with Crippen LogP contribution in [0.25, 0.3) is 21.5 Å². The molecule has 0 fully saturated rings. The van der Waals surface area contributed by atoms with Crippen LogP contribution < -0.4 is 0 Å². The smallest absolute Gasteiger partial charge is 0.0775 e. The molecule has 0 spiro atoms. The zero-order chi connectivity index (χ0) is 38.4. The lowest BCUT2D eigenvalue weighted by Crippen LogP contribution is -1.93. The van der Waals surface area contributed by atoms with E-state index in [1.165, 1.54) is 61.1 Å². The topological polar surface area (TPSA) is 0 Å². The van der Waals surface area contributed by atoms with Gasteiger partial charge in [-0.25, -0.2) is 0 Å². The second-order valence-corrected chi connectivity index (χ2v) is 16.5. The van der Waals surface area contributed by atoms with Crippen LogP contribution in [0.4, 0.5) is 0 Å². The summed E-state index contributed by atoms with van der Waals surface area (Å²) in [6.45, 7) is 4.52. The highest BCUT2D eigenvalue weighted by Crippen LogP contribution is 2.34. The number of rotatable bonds is 10. The number of aryl methyl sites for hydroxylation is 2. The molecule has 0 aliphatic heterocycles. The second kappa shape index (κ2) is 19.7. The van der Waals surface area contributed by atoms with E-state index in [9.17, 15) is 0 Å². The van der Waals surface area contributed by atoms with Gasteiger partial charge in [-0.3, -0.25) is 0 Å². The molecule has 0 aliphatic carbocycles. The van der Waals surface area contributed by atoms with Crippen LogP contribution in [0.3, 0.4) is 0 Å². The lowest BCUT2D eigenvalue weighted by Gasteiger charge is -2.12. The van der Waals surface area contributed by atoms with Crippen LogP contribution in [0, 0.1) is 47.4 Å². The molecule has 7 rings (SSSR count). The first-order chi connectivity index (χ1) is 27.7. The summed E-state index contributed by atoms with van der Waals surface area (Å²) >= 11 is 3.63. The normalized spacial score (nSPS) is 10.5. The minimum absolute atomic E-state index is 0.961. The van der Waals surface area contributed by atoms with Gasteiger partial charge in [-0.1, -0.05) is 148 Å². The molecular weight excluding hydrogens is 713 g/mol. The Morgan fingerprint density at radius 1 is 0.357 bits per heavy atom. The van der Waals surface area contributed by atoms with Crippen molar-refractivity contribution in [3.63, 3.8) is 0 Å². The predicted molar refractivity (Wildman–Crippen MR) is 243 cm³/mol. The summed E-state index contributed by atoms with van der Waals surface area (Å²) in [6.07, 6.45) is 12.5. The molecule has 0 atom stereocenters. The molecule has 7 aromatic rings. The van der Waals surface area contributed by atoms with Gasteiger partial charge in [0.15, 0.2) is 0 Å². The van der Waals surface area contributed by atoms with E-state index in [1.807, 2.05) is 59.1 Å². The Morgan fingerprint density at radius 2 is 0.786 bits per heavy atom. The van der Waals surface area contributed by atoms with Gasteiger partial charge in [0, 0.05) is 53.9 Å². The third kappa shape index (κ3) is 10.3. The Hall–Kier alpha value is -5.74.